The van der Waals surface area contributed by atoms with Crippen LogP contribution in [0.3, 0.4) is 0 Å². The first-order valence-corrected chi connectivity index (χ1v) is 17.8. The van der Waals surface area contributed by atoms with E-state index >= 15 is 0 Å². The van der Waals surface area contributed by atoms with E-state index in [9.17, 15) is 35.2 Å². The molecular formula is C25H34N2O9S3. The van der Waals surface area contributed by atoms with Gasteiger partial charge in [-0.3, -0.25) is 0 Å². The maximum atomic E-state index is 13.4. The van der Waals surface area contributed by atoms with Crippen molar-refractivity contribution < 1.29 is 39.9 Å². The van der Waals surface area contributed by atoms with E-state index in [2.05, 4.69) is 9.97 Å². The molecule has 1 aliphatic heterocycles. The fourth-order valence-electron chi connectivity index (χ4n) is 5.15. The van der Waals surface area contributed by atoms with Crippen LogP contribution in [0, 0.1) is 0 Å². The van der Waals surface area contributed by atoms with Crippen LogP contribution >= 0.6 is 0 Å². The lowest BCUT2D eigenvalue weighted by molar-refractivity contribution is -0.149. The molecule has 1 aliphatic rings. The van der Waals surface area contributed by atoms with Gasteiger partial charge < -0.3 is 14.8 Å². The molecule has 1 aromatic heterocycles. The predicted octanol–water partition coefficient (Wildman–Crippen LogP) is 2.98. The Morgan fingerprint density at radius 2 is 1.64 bits per heavy atom. The largest absolute Gasteiger partial charge is 0.507 e. The minimum atomic E-state index is -4.47. The fourth-order valence-corrected chi connectivity index (χ4v) is 9.94. The molecule has 0 amide bonds. The number of aliphatic hydroxyl groups excluding tert-OH is 1. The Morgan fingerprint density at radius 1 is 1.05 bits per heavy atom. The third kappa shape index (κ3) is 5.50. The number of imidazole rings is 1. The molecule has 14 heteroatoms. The fraction of sp³-hybridized carbons (Fsp3) is 0.520. The van der Waals surface area contributed by atoms with Crippen molar-refractivity contribution in [1.29, 1.82) is 0 Å². The van der Waals surface area contributed by atoms with Crippen LogP contribution in [0.1, 0.15) is 63.5 Å². The second-order valence-corrected chi connectivity index (χ2v) is 17.0. The SMILES string of the molecule is CCCC1(CCC)OC(=O)C(C(c2cccc(CS(=O)(=O)c3ncc[nH]3)c2)C(C)(S(C)(=O)=O)S(C)(=O)=O)=C1O. The predicted molar refractivity (Wildman–Crippen MR) is 145 cm³/mol. The summed E-state index contributed by atoms with van der Waals surface area (Å²) in [5.74, 6) is -3.79. The Kier molecular flexibility index (Phi) is 8.45. The molecule has 0 bridgehead atoms. The van der Waals surface area contributed by atoms with Gasteiger partial charge in [-0.15, -0.1) is 0 Å². The number of carbonyl (C=O) groups excluding carboxylic acids is 1. The summed E-state index contributed by atoms with van der Waals surface area (Å²) < 4.78 is 81.6. The molecule has 2 heterocycles. The maximum Gasteiger partial charge on any atom is 0.339 e. The first-order valence-electron chi connectivity index (χ1n) is 12.3. The number of nitrogens with zero attached hydrogens (tertiary/aromatic N) is 1. The van der Waals surface area contributed by atoms with Crippen molar-refractivity contribution in [3.63, 3.8) is 0 Å². The third-order valence-electron chi connectivity index (χ3n) is 7.20. The van der Waals surface area contributed by atoms with Gasteiger partial charge in [0.15, 0.2) is 29.4 Å². The van der Waals surface area contributed by atoms with Crippen molar-refractivity contribution in [3.8, 4) is 0 Å². The van der Waals surface area contributed by atoms with E-state index in [1.54, 1.807) is 0 Å². The molecule has 0 saturated carbocycles. The van der Waals surface area contributed by atoms with Crippen LogP contribution in [0.4, 0.5) is 0 Å². The van der Waals surface area contributed by atoms with E-state index in [4.69, 9.17) is 4.74 Å². The number of sulfone groups is 3. The Labute approximate surface area is 229 Å². The van der Waals surface area contributed by atoms with Gasteiger partial charge in [0.05, 0.1) is 17.2 Å². The molecule has 2 aromatic rings. The zero-order valence-corrected chi connectivity index (χ0v) is 24.9. The van der Waals surface area contributed by atoms with Crippen molar-refractivity contribution in [1.82, 2.24) is 9.97 Å². The molecule has 1 atom stereocenters. The highest BCUT2D eigenvalue weighted by Crippen LogP contribution is 2.50. The van der Waals surface area contributed by atoms with E-state index in [-0.39, 0.29) is 29.1 Å². The normalized spacial score (nSPS) is 17.3. The van der Waals surface area contributed by atoms with Gasteiger partial charge >= 0.3 is 5.97 Å². The molecule has 1 aromatic carbocycles. The molecule has 39 heavy (non-hydrogen) atoms. The summed E-state index contributed by atoms with van der Waals surface area (Å²) in [6, 6.07) is 5.63. The quantitative estimate of drug-likeness (QED) is 0.343. The topological polar surface area (TPSA) is 178 Å². The van der Waals surface area contributed by atoms with Gasteiger partial charge in [0.2, 0.25) is 15.0 Å². The van der Waals surface area contributed by atoms with Gasteiger partial charge in [-0.05, 0) is 30.9 Å². The van der Waals surface area contributed by atoms with E-state index in [0.29, 0.717) is 12.8 Å². The highest BCUT2D eigenvalue weighted by Gasteiger charge is 2.60. The van der Waals surface area contributed by atoms with Crippen molar-refractivity contribution >= 4 is 35.5 Å². The highest BCUT2D eigenvalue weighted by molar-refractivity contribution is 8.09. The number of rotatable bonds is 12. The Hall–Kier alpha value is -2.71. The molecule has 0 fully saturated rings. The molecule has 0 radical (unpaired) electrons. The third-order valence-corrected chi connectivity index (χ3v) is 14.0. The number of aliphatic hydroxyl groups is 1. The van der Waals surface area contributed by atoms with Crippen molar-refractivity contribution in [3.05, 3.63) is 59.1 Å². The summed E-state index contributed by atoms with van der Waals surface area (Å²) in [5, 5.41) is 11.2. The summed E-state index contributed by atoms with van der Waals surface area (Å²) in [5.41, 5.74) is -1.69. The summed E-state index contributed by atoms with van der Waals surface area (Å²) >= 11 is 0. The number of aromatic nitrogens is 2. The molecule has 11 nitrogen and oxygen atoms in total. The van der Waals surface area contributed by atoms with Crippen LogP contribution in [-0.4, -0.2) is 68.5 Å². The van der Waals surface area contributed by atoms with Crippen LogP contribution < -0.4 is 0 Å². The van der Waals surface area contributed by atoms with Gasteiger partial charge in [-0.1, -0.05) is 51.0 Å². The summed E-state index contributed by atoms with van der Waals surface area (Å²) in [4.78, 5) is 19.7. The average molecular weight is 603 g/mol. The van der Waals surface area contributed by atoms with Crippen molar-refractivity contribution in [2.75, 3.05) is 12.5 Å². The first kappa shape index (κ1) is 30.8. The number of H-pyrrole nitrogens is 1. The zero-order chi connectivity index (χ0) is 29.4. The maximum absolute atomic E-state index is 13.4. The number of hydrogen-bond acceptors (Lipinski definition) is 10. The van der Waals surface area contributed by atoms with Crippen LogP contribution in [0.15, 0.2) is 53.1 Å². The van der Waals surface area contributed by atoms with E-state index in [1.165, 1.54) is 36.7 Å². The molecule has 216 valence electrons. The van der Waals surface area contributed by atoms with Crippen molar-refractivity contribution in [2.45, 2.75) is 73.0 Å². The van der Waals surface area contributed by atoms with Crippen LogP contribution in [0.2, 0.25) is 0 Å². The number of benzene rings is 1. The molecule has 1 unspecified atom stereocenters. The van der Waals surface area contributed by atoms with E-state index < -0.39 is 68.2 Å². The van der Waals surface area contributed by atoms with E-state index in [0.717, 1.165) is 19.4 Å². The van der Waals surface area contributed by atoms with Crippen LogP contribution in [0.25, 0.3) is 0 Å². The monoisotopic (exact) mass is 602 g/mol. The van der Waals surface area contributed by atoms with Gasteiger partial charge in [-0.2, -0.15) is 0 Å². The number of nitrogens with one attached hydrogen (secondary N) is 1. The minimum absolute atomic E-state index is 0.0165. The smallest absolute Gasteiger partial charge is 0.339 e. The second kappa shape index (κ2) is 10.7. The molecule has 0 saturated heterocycles. The number of aromatic amines is 1. The van der Waals surface area contributed by atoms with Crippen LogP contribution in [-0.2, 0) is 44.8 Å². The lowest BCUT2D eigenvalue weighted by atomic mass is 9.83. The van der Waals surface area contributed by atoms with Gasteiger partial charge in [0, 0.05) is 24.9 Å². The summed E-state index contributed by atoms with van der Waals surface area (Å²) in [6.45, 7) is 4.64. The molecule has 3 rings (SSSR count). The van der Waals surface area contributed by atoms with Gasteiger partial charge in [0.25, 0.3) is 0 Å². The molecule has 0 aliphatic carbocycles. The Morgan fingerprint density at radius 3 is 2.13 bits per heavy atom. The number of cyclic esters (lactones) is 1. The van der Waals surface area contributed by atoms with Gasteiger partial charge in [0.1, 0.15) is 5.76 Å². The standard InChI is InChI=1S/C25H34N2O9S3/c1-6-11-25(12-7-2)21(28)19(22(29)36-25)20(24(3,37(4,30)31)38(5,32)33)18-10-8-9-17(15-18)16-39(34,35)23-26-13-14-27-23/h8-10,13-15,20,28H,6-7,11-12,16H2,1-5H3,(H,26,27). The number of carbonyl (C=O) groups is 1. The Bertz CT molecular complexity index is 1550. The number of hydrogen-bond donors (Lipinski definition) is 2. The molecule has 2 N–H and O–H groups in total. The van der Waals surface area contributed by atoms with Gasteiger partial charge in [-0.25, -0.2) is 35.0 Å². The average Bonchev–Trinajstić information content (AvgIpc) is 3.43. The summed E-state index contributed by atoms with van der Waals surface area (Å²) in [7, 11) is -12.9. The minimum Gasteiger partial charge on any atom is -0.507 e. The number of esters is 1. The first-order chi connectivity index (χ1) is 17.9. The number of ether oxygens (including phenoxy) is 1. The van der Waals surface area contributed by atoms with Crippen molar-refractivity contribution in [2.24, 2.45) is 0 Å². The van der Waals surface area contributed by atoms with Crippen LogP contribution in [0.5, 0.6) is 0 Å². The van der Waals surface area contributed by atoms with E-state index in [1.807, 2.05) is 13.8 Å². The molecule has 0 spiro atoms. The molecular weight excluding hydrogens is 568 g/mol. The lowest BCUT2D eigenvalue weighted by Gasteiger charge is -2.35. The zero-order valence-electron chi connectivity index (χ0n) is 22.5. The Balaban J connectivity index is 2.34. The second-order valence-electron chi connectivity index (χ2n) is 10.0. The highest BCUT2D eigenvalue weighted by atomic mass is 32.3. The lowest BCUT2D eigenvalue weighted by Crippen LogP contribution is -2.49. The summed E-state index contributed by atoms with van der Waals surface area (Å²) in [6.07, 6.45) is 5.64.